The smallest absolute Gasteiger partial charge is 0.330 e. The highest BCUT2D eigenvalue weighted by molar-refractivity contribution is 5.73. The Labute approximate surface area is 93.4 Å². The molecule has 5 heteroatoms. The third kappa shape index (κ3) is 1.77. The van der Waals surface area contributed by atoms with Gasteiger partial charge in [0.1, 0.15) is 6.04 Å². The number of carbonyl (C=O) groups excluding carboxylic acids is 1. The van der Waals surface area contributed by atoms with Gasteiger partial charge in [-0.2, -0.15) is 0 Å². The predicted octanol–water partition coefficient (Wildman–Crippen LogP) is 1.18. The Bertz CT molecular complexity index is 442. The van der Waals surface area contributed by atoms with E-state index in [1.165, 1.54) is 18.2 Å². The molecule has 2 rings (SSSR count). The highest BCUT2D eigenvalue weighted by atomic mass is 16.5. The first-order valence-electron chi connectivity index (χ1n) is 5.52. The maximum absolute atomic E-state index is 11.7. The molecule has 0 amide bonds. The molecule has 5 nitrogen and oxygen atoms in total. The van der Waals surface area contributed by atoms with Crippen LogP contribution in [0.2, 0.25) is 0 Å². The molecule has 0 radical (unpaired) electrons. The van der Waals surface area contributed by atoms with Crippen molar-refractivity contribution in [3.63, 3.8) is 0 Å². The summed E-state index contributed by atoms with van der Waals surface area (Å²) in [6.45, 7) is 1.65. The lowest BCUT2D eigenvalue weighted by Gasteiger charge is -2.23. The first-order valence-corrected chi connectivity index (χ1v) is 5.52. The monoisotopic (exact) mass is 224 g/mol. The number of H-pyrrole nitrogens is 1. The van der Waals surface area contributed by atoms with Gasteiger partial charge in [-0.1, -0.05) is 6.42 Å². The number of hydrogen-bond acceptors (Lipinski definition) is 3. The number of rotatable bonds is 3. The van der Waals surface area contributed by atoms with Crippen molar-refractivity contribution in [2.24, 2.45) is 0 Å². The van der Waals surface area contributed by atoms with Crippen LogP contribution in [-0.2, 0) is 9.53 Å². The first kappa shape index (κ1) is 11.0. The van der Waals surface area contributed by atoms with E-state index in [1.807, 2.05) is 0 Å². The molecule has 1 atom stereocenters. The fourth-order valence-electron chi connectivity index (χ4n) is 1.92. The minimum Gasteiger partial charge on any atom is -0.467 e. The highest BCUT2D eigenvalue weighted by Gasteiger charge is 2.24. The lowest BCUT2D eigenvalue weighted by Crippen LogP contribution is -2.27. The molecule has 0 aliphatic heterocycles. The molecule has 88 valence electrons. The number of methoxy groups -OCH3 is 1. The van der Waals surface area contributed by atoms with Gasteiger partial charge in [-0.15, -0.1) is 0 Å². The van der Waals surface area contributed by atoms with Crippen molar-refractivity contribution in [2.75, 3.05) is 7.11 Å². The molecule has 0 aromatic carbocycles. The Morgan fingerprint density at radius 1 is 1.62 bits per heavy atom. The highest BCUT2D eigenvalue weighted by Crippen LogP contribution is 2.34. The average Bonchev–Trinajstić information content (AvgIpc) is 2.55. The van der Waals surface area contributed by atoms with Gasteiger partial charge in [-0.05, 0) is 19.8 Å². The Kier molecular flexibility index (Phi) is 2.85. The van der Waals surface area contributed by atoms with Gasteiger partial charge in [0.05, 0.1) is 7.11 Å². The fourth-order valence-corrected chi connectivity index (χ4v) is 1.92. The van der Waals surface area contributed by atoms with E-state index < -0.39 is 12.0 Å². The molecule has 0 unspecified atom stereocenters. The van der Waals surface area contributed by atoms with Gasteiger partial charge in [0.15, 0.2) is 0 Å². The SMILES string of the molecule is COC(=O)[C@H](C)n1[nH]c(C2CCC2)cc1=O. The van der Waals surface area contributed by atoms with Crippen molar-refractivity contribution >= 4 is 5.97 Å². The molecule has 1 N–H and O–H groups in total. The summed E-state index contributed by atoms with van der Waals surface area (Å²) in [6, 6.07) is 0.995. The number of ether oxygens (including phenoxy) is 1. The number of aromatic nitrogens is 2. The summed E-state index contributed by atoms with van der Waals surface area (Å²) in [5.41, 5.74) is 0.770. The molecule has 1 fully saturated rings. The van der Waals surface area contributed by atoms with Gasteiger partial charge in [-0.25, -0.2) is 9.48 Å². The van der Waals surface area contributed by atoms with Gasteiger partial charge in [0, 0.05) is 17.7 Å². The largest absolute Gasteiger partial charge is 0.467 e. The quantitative estimate of drug-likeness (QED) is 0.784. The van der Waals surface area contributed by atoms with Crippen LogP contribution in [0.5, 0.6) is 0 Å². The molecule has 1 heterocycles. The van der Waals surface area contributed by atoms with E-state index in [-0.39, 0.29) is 5.56 Å². The molecule has 0 bridgehead atoms. The van der Waals surface area contributed by atoms with Crippen LogP contribution >= 0.6 is 0 Å². The lowest BCUT2D eigenvalue weighted by atomic mass is 9.83. The number of esters is 1. The van der Waals surface area contributed by atoms with Crippen LogP contribution in [0.3, 0.4) is 0 Å². The second-order valence-electron chi connectivity index (χ2n) is 4.25. The minimum absolute atomic E-state index is 0.167. The Morgan fingerprint density at radius 2 is 2.31 bits per heavy atom. The maximum atomic E-state index is 11.7. The summed E-state index contributed by atoms with van der Waals surface area (Å²) in [6.07, 6.45) is 3.45. The van der Waals surface area contributed by atoms with Crippen molar-refractivity contribution < 1.29 is 9.53 Å². The second-order valence-corrected chi connectivity index (χ2v) is 4.25. The third-order valence-corrected chi connectivity index (χ3v) is 3.24. The summed E-state index contributed by atoms with van der Waals surface area (Å²) in [7, 11) is 1.32. The van der Waals surface area contributed by atoms with Crippen molar-refractivity contribution in [1.29, 1.82) is 0 Å². The molecular formula is C11H16N2O3. The topological polar surface area (TPSA) is 64.1 Å². The van der Waals surface area contributed by atoms with Gasteiger partial charge in [0.2, 0.25) is 0 Å². The van der Waals surface area contributed by atoms with Gasteiger partial charge in [0.25, 0.3) is 5.56 Å². The summed E-state index contributed by atoms with van der Waals surface area (Å²) in [5, 5.41) is 3.00. The summed E-state index contributed by atoms with van der Waals surface area (Å²) >= 11 is 0. The number of nitrogens with zero attached hydrogens (tertiary/aromatic N) is 1. The maximum Gasteiger partial charge on any atom is 0.330 e. The Balaban J connectivity index is 2.24. The average molecular weight is 224 g/mol. The number of hydrogen-bond donors (Lipinski definition) is 1. The molecule has 0 saturated heterocycles. The van der Waals surface area contributed by atoms with Crippen molar-refractivity contribution in [3.05, 3.63) is 22.1 Å². The van der Waals surface area contributed by atoms with Crippen LogP contribution in [0.15, 0.2) is 10.9 Å². The standard InChI is InChI=1S/C11H16N2O3/c1-7(11(15)16-2)13-10(14)6-9(12-13)8-4-3-5-8/h6-8,12H,3-5H2,1-2H3/t7-/m0/s1. The van der Waals surface area contributed by atoms with E-state index in [9.17, 15) is 9.59 Å². The van der Waals surface area contributed by atoms with Crippen LogP contribution in [-0.4, -0.2) is 22.9 Å². The molecule has 16 heavy (non-hydrogen) atoms. The second kappa shape index (κ2) is 4.15. The van der Waals surface area contributed by atoms with Crippen LogP contribution in [0.1, 0.15) is 43.8 Å². The van der Waals surface area contributed by atoms with E-state index >= 15 is 0 Å². The van der Waals surface area contributed by atoms with Crippen LogP contribution in [0.4, 0.5) is 0 Å². The molecule has 1 aromatic rings. The summed E-state index contributed by atoms with van der Waals surface area (Å²) in [5.74, 6) is 0.0444. The zero-order chi connectivity index (χ0) is 11.7. The fraction of sp³-hybridized carbons (Fsp3) is 0.636. The predicted molar refractivity (Wildman–Crippen MR) is 58.4 cm³/mol. The Hall–Kier alpha value is -1.52. The normalized spacial score (nSPS) is 17.9. The van der Waals surface area contributed by atoms with Gasteiger partial charge < -0.3 is 4.74 Å². The van der Waals surface area contributed by atoms with E-state index in [4.69, 9.17) is 0 Å². The molecule has 0 spiro atoms. The Morgan fingerprint density at radius 3 is 2.81 bits per heavy atom. The van der Waals surface area contributed by atoms with Crippen LogP contribution < -0.4 is 5.56 Å². The molecule has 1 aliphatic rings. The van der Waals surface area contributed by atoms with Crippen molar-refractivity contribution in [1.82, 2.24) is 9.78 Å². The first-order chi connectivity index (χ1) is 7.63. The van der Waals surface area contributed by atoms with Gasteiger partial charge in [-0.3, -0.25) is 9.89 Å². The summed E-state index contributed by atoms with van der Waals surface area (Å²) in [4.78, 5) is 23.0. The zero-order valence-electron chi connectivity index (χ0n) is 9.53. The van der Waals surface area contributed by atoms with Crippen LogP contribution in [0, 0.1) is 0 Å². The van der Waals surface area contributed by atoms with E-state index in [2.05, 4.69) is 9.84 Å². The van der Waals surface area contributed by atoms with Gasteiger partial charge >= 0.3 is 5.97 Å². The number of carbonyl (C=O) groups is 1. The van der Waals surface area contributed by atoms with E-state index in [0.717, 1.165) is 18.5 Å². The van der Waals surface area contributed by atoms with E-state index in [0.29, 0.717) is 5.92 Å². The minimum atomic E-state index is -0.591. The molecule has 1 saturated carbocycles. The van der Waals surface area contributed by atoms with Crippen molar-refractivity contribution in [2.45, 2.75) is 38.1 Å². The molecule has 1 aromatic heterocycles. The molecule has 1 aliphatic carbocycles. The summed E-state index contributed by atoms with van der Waals surface area (Å²) < 4.78 is 5.95. The molecular weight excluding hydrogens is 208 g/mol. The third-order valence-electron chi connectivity index (χ3n) is 3.24. The number of aromatic amines is 1. The van der Waals surface area contributed by atoms with E-state index in [1.54, 1.807) is 13.0 Å². The van der Waals surface area contributed by atoms with Crippen molar-refractivity contribution in [3.8, 4) is 0 Å². The van der Waals surface area contributed by atoms with Crippen LogP contribution in [0.25, 0.3) is 0 Å². The zero-order valence-corrected chi connectivity index (χ0v) is 9.53. The number of nitrogens with one attached hydrogen (secondary N) is 1. The lowest BCUT2D eigenvalue weighted by molar-refractivity contribution is -0.144.